The number of nitrogens with zero attached hydrogens (tertiary/aromatic N) is 1. The lowest BCUT2D eigenvalue weighted by molar-refractivity contribution is -0.138. The fourth-order valence-corrected chi connectivity index (χ4v) is 2.06. The van der Waals surface area contributed by atoms with Crippen LogP contribution in [0.25, 0.3) is 0 Å². The van der Waals surface area contributed by atoms with E-state index in [1.165, 1.54) is 0 Å². The molecule has 1 saturated heterocycles. The van der Waals surface area contributed by atoms with Gasteiger partial charge in [-0.05, 0) is 17.5 Å². The van der Waals surface area contributed by atoms with Crippen molar-refractivity contribution in [2.75, 3.05) is 0 Å². The predicted octanol–water partition coefficient (Wildman–Crippen LogP) is 2.22. The van der Waals surface area contributed by atoms with Crippen molar-refractivity contribution in [2.24, 2.45) is 5.41 Å². The summed E-state index contributed by atoms with van der Waals surface area (Å²) in [5, 5.41) is 0. The minimum Gasteiger partial charge on any atom is -0.374 e. The van der Waals surface area contributed by atoms with Gasteiger partial charge >= 0.3 is 12.1 Å². The average molecular weight is 261 g/mol. The van der Waals surface area contributed by atoms with Gasteiger partial charge in [-0.3, -0.25) is 4.79 Å². The summed E-state index contributed by atoms with van der Waals surface area (Å²) in [5.41, 5.74) is -0.225. The van der Waals surface area contributed by atoms with Crippen LogP contribution in [0.1, 0.15) is 31.1 Å². The monoisotopic (exact) mass is 261 g/mol. The third kappa shape index (κ3) is 2.36. The molecule has 19 heavy (non-hydrogen) atoms. The molecule has 2 amide bonds. The molecule has 0 unspecified atom stereocenters. The average Bonchev–Trinajstić information content (AvgIpc) is 2.64. The summed E-state index contributed by atoms with van der Waals surface area (Å²) in [6.07, 6.45) is -0.904. The van der Waals surface area contributed by atoms with E-state index in [1.807, 2.05) is 0 Å². The lowest BCUT2D eigenvalue weighted by Crippen LogP contribution is -2.47. The summed E-state index contributed by atoms with van der Waals surface area (Å²) < 4.78 is 4.58. The zero-order valence-corrected chi connectivity index (χ0v) is 11.0. The Morgan fingerprint density at radius 2 is 1.74 bits per heavy atom. The molecule has 0 aromatic heterocycles. The van der Waals surface area contributed by atoms with Gasteiger partial charge < -0.3 is 4.74 Å². The van der Waals surface area contributed by atoms with Crippen molar-refractivity contribution in [3.8, 4) is 0 Å². The molecule has 100 valence electrons. The standard InChI is InChI=1S/C14H15NO4/c1-14(2,3)10-12(17)19-13(18)15(10)11(16)9-7-5-4-6-8-9/h4-8,10H,1-3H3/t10-/m1/s1. The van der Waals surface area contributed by atoms with Crippen LogP contribution in [0.2, 0.25) is 0 Å². The molecule has 1 aliphatic rings. The normalized spacial score (nSPS) is 19.5. The molecule has 5 heteroatoms. The Hall–Kier alpha value is -2.17. The highest BCUT2D eigenvalue weighted by atomic mass is 16.6. The zero-order chi connectivity index (χ0) is 14.2. The smallest absolute Gasteiger partial charge is 0.374 e. The summed E-state index contributed by atoms with van der Waals surface area (Å²) in [7, 11) is 0. The van der Waals surface area contributed by atoms with E-state index in [1.54, 1.807) is 51.1 Å². The fraction of sp³-hybridized carbons (Fsp3) is 0.357. The van der Waals surface area contributed by atoms with Crippen LogP contribution >= 0.6 is 0 Å². The third-order valence-electron chi connectivity index (χ3n) is 2.93. The van der Waals surface area contributed by atoms with Gasteiger partial charge in [-0.1, -0.05) is 39.0 Å². The van der Waals surface area contributed by atoms with E-state index >= 15 is 0 Å². The summed E-state index contributed by atoms with van der Waals surface area (Å²) in [6.45, 7) is 5.34. The molecule has 1 aliphatic heterocycles. The van der Waals surface area contributed by atoms with Crippen LogP contribution in [0.4, 0.5) is 4.79 Å². The van der Waals surface area contributed by atoms with Crippen LogP contribution in [0.5, 0.6) is 0 Å². The number of hydrogen-bond donors (Lipinski definition) is 0. The predicted molar refractivity (Wildman–Crippen MR) is 67.3 cm³/mol. The van der Waals surface area contributed by atoms with Crippen molar-refractivity contribution in [1.29, 1.82) is 0 Å². The first-order chi connectivity index (χ1) is 8.82. The van der Waals surface area contributed by atoms with Crippen LogP contribution in [-0.2, 0) is 9.53 Å². The Kier molecular flexibility index (Phi) is 3.14. The molecular weight excluding hydrogens is 246 g/mol. The Bertz CT molecular complexity index is 530. The number of imide groups is 1. The van der Waals surface area contributed by atoms with E-state index in [9.17, 15) is 14.4 Å². The lowest BCUT2D eigenvalue weighted by atomic mass is 9.86. The summed E-state index contributed by atoms with van der Waals surface area (Å²) >= 11 is 0. The second kappa shape index (κ2) is 4.50. The number of amides is 2. The van der Waals surface area contributed by atoms with Gasteiger partial charge in [0.2, 0.25) is 0 Å². The minimum absolute atomic E-state index is 0.350. The largest absolute Gasteiger partial charge is 0.425 e. The summed E-state index contributed by atoms with van der Waals surface area (Å²) in [4.78, 5) is 36.7. The second-order valence-corrected chi connectivity index (χ2v) is 5.50. The Balaban J connectivity index is 2.39. The number of rotatable bonds is 1. The Morgan fingerprint density at radius 3 is 2.26 bits per heavy atom. The van der Waals surface area contributed by atoms with Gasteiger partial charge in [0.15, 0.2) is 0 Å². The molecule has 2 rings (SSSR count). The van der Waals surface area contributed by atoms with Crippen molar-refractivity contribution >= 4 is 18.0 Å². The number of ether oxygens (including phenoxy) is 1. The topological polar surface area (TPSA) is 63.7 Å². The van der Waals surface area contributed by atoms with Gasteiger partial charge in [0, 0.05) is 5.56 Å². The van der Waals surface area contributed by atoms with Crippen molar-refractivity contribution in [2.45, 2.75) is 26.8 Å². The number of esters is 1. The summed E-state index contributed by atoms with van der Waals surface area (Å²) in [6, 6.07) is 7.46. The van der Waals surface area contributed by atoms with Crippen LogP contribution in [0.15, 0.2) is 30.3 Å². The maximum atomic E-state index is 12.3. The SMILES string of the molecule is CC(C)(C)[C@H]1C(=O)OC(=O)N1C(=O)c1ccccc1. The van der Waals surface area contributed by atoms with Gasteiger partial charge in [-0.15, -0.1) is 0 Å². The molecule has 0 radical (unpaired) electrons. The molecule has 0 saturated carbocycles. The van der Waals surface area contributed by atoms with Gasteiger partial charge in [0.05, 0.1) is 0 Å². The van der Waals surface area contributed by atoms with Gasteiger partial charge in [-0.2, -0.15) is 0 Å². The molecule has 1 aromatic carbocycles. The lowest BCUT2D eigenvalue weighted by Gasteiger charge is -2.29. The van der Waals surface area contributed by atoms with Crippen molar-refractivity contribution < 1.29 is 19.1 Å². The number of cyclic esters (lactones) is 2. The molecule has 1 atom stereocenters. The van der Waals surface area contributed by atoms with E-state index in [-0.39, 0.29) is 0 Å². The highest BCUT2D eigenvalue weighted by Gasteiger charge is 2.50. The number of benzene rings is 1. The Labute approximate surface area is 111 Å². The molecule has 0 bridgehead atoms. The third-order valence-corrected chi connectivity index (χ3v) is 2.93. The van der Waals surface area contributed by atoms with E-state index in [0.29, 0.717) is 5.56 Å². The molecule has 5 nitrogen and oxygen atoms in total. The molecule has 0 spiro atoms. The van der Waals surface area contributed by atoms with Crippen molar-refractivity contribution in [3.63, 3.8) is 0 Å². The number of carbonyl (C=O) groups is 3. The maximum Gasteiger partial charge on any atom is 0.425 e. The molecule has 1 fully saturated rings. The molecule has 0 aliphatic carbocycles. The number of hydrogen-bond acceptors (Lipinski definition) is 4. The fourth-order valence-electron chi connectivity index (χ4n) is 2.06. The van der Waals surface area contributed by atoms with E-state index < -0.39 is 29.4 Å². The van der Waals surface area contributed by atoms with Crippen LogP contribution in [-0.4, -0.2) is 28.9 Å². The first-order valence-electron chi connectivity index (χ1n) is 5.96. The van der Waals surface area contributed by atoms with E-state index in [4.69, 9.17) is 0 Å². The van der Waals surface area contributed by atoms with E-state index in [0.717, 1.165) is 4.90 Å². The highest BCUT2D eigenvalue weighted by Crippen LogP contribution is 2.31. The van der Waals surface area contributed by atoms with Crippen LogP contribution in [0.3, 0.4) is 0 Å². The van der Waals surface area contributed by atoms with Gasteiger partial charge in [-0.25, -0.2) is 14.5 Å². The maximum absolute atomic E-state index is 12.3. The quantitative estimate of drug-likeness (QED) is 0.574. The highest BCUT2D eigenvalue weighted by molar-refractivity contribution is 6.11. The zero-order valence-electron chi connectivity index (χ0n) is 11.0. The summed E-state index contributed by atoms with van der Waals surface area (Å²) in [5.74, 6) is -1.20. The minimum atomic E-state index is -0.904. The molecule has 1 aromatic rings. The van der Waals surface area contributed by atoms with Gasteiger partial charge in [0.25, 0.3) is 5.91 Å². The van der Waals surface area contributed by atoms with Crippen molar-refractivity contribution in [1.82, 2.24) is 4.90 Å². The molecule has 1 heterocycles. The van der Waals surface area contributed by atoms with Crippen LogP contribution < -0.4 is 0 Å². The van der Waals surface area contributed by atoms with Crippen LogP contribution in [0, 0.1) is 5.41 Å². The second-order valence-electron chi connectivity index (χ2n) is 5.50. The van der Waals surface area contributed by atoms with E-state index in [2.05, 4.69) is 4.74 Å². The first-order valence-corrected chi connectivity index (χ1v) is 5.96. The molecule has 0 N–H and O–H groups in total. The first kappa shape index (κ1) is 13.3. The van der Waals surface area contributed by atoms with Crippen molar-refractivity contribution in [3.05, 3.63) is 35.9 Å². The Morgan fingerprint density at radius 1 is 1.16 bits per heavy atom. The number of carbonyl (C=O) groups excluding carboxylic acids is 3. The van der Waals surface area contributed by atoms with Gasteiger partial charge in [0.1, 0.15) is 6.04 Å². The molecular formula is C14H15NO4.